The van der Waals surface area contributed by atoms with Crippen LogP contribution in [0, 0.1) is 13.8 Å². The second-order valence-corrected chi connectivity index (χ2v) is 4.76. The van der Waals surface area contributed by atoms with Crippen LogP contribution in [-0.2, 0) is 4.79 Å². The Hall–Kier alpha value is -1.06. The molecule has 0 radical (unpaired) electrons. The summed E-state index contributed by atoms with van der Waals surface area (Å²) in [5, 5.41) is 0.616. The number of anilines is 1. The van der Waals surface area contributed by atoms with Crippen LogP contribution in [0.4, 0.5) is 5.69 Å². The molecule has 1 heterocycles. The Balaban J connectivity index is 2.41. The molecule has 1 aliphatic heterocycles. The van der Waals surface area contributed by atoms with E-state index in [1.54, 1.807) is 4.90 Å². The zero-order valence-electron chi connectivity index (χ0n) is 9.46. The smallest absolute Gasteiger partial charge is 0.228 e. The molecule has 0 spiro atoms. The third kappa shape index (κ3) is 1.93. The predicted octanol–water partition coefficient (Wildman–Crippen LogP) is 2.02. The van der Waals surface area contributed by atoms with Gasteiger partial charge in [0.1, 0.15) is 0 Å². The first-order valence-electron chi connectivity index (χ1n) is 5.31. The van der Waals surface area contributed by atoms with Crippen LogP contribution in [0.5, 0.6) is 0 Å². The normalized spacial score (nSPS) is 20.6. The number of carbonyl (C=O) groups is 1. The molecule has 0 aliphatic carbocycles. The summed E-state index contributed by atoms with van der Waals surface area (Å²) in [4.78, 5) is 13.4. The third-order valence-corrected chi connectivity index (χ3v) is 3.31. The van der Waals surface area contributed by atoms with E-state index in [2.05, 4.69) is 0 Å². The van der Waals surface area contributed by atoms with E-state index in [9.17, 15) is 4.79 Å². The summed E-state index contributed by atoms with van der Waals surface area (Å²) in [6.45, 7) is 4.57. The lowest BCUT2D eigenvalue weighted by Gasteiger charge is -2.19. The Morgan fingerprint density at radius 3 is 2.56 bits per heavy atom. The van der Waals surface area contributed by atoms with Gasteiger partial charge >= 0.3 is 0 Å². The summed E-state index contributed by atoms with van der Waals surface area (Å²) in [7, 11) is 0. The largest absolute Gasteiger partial charge is 0.326 e. The van der Waals surface area contributed by atoms with Crippen LogP contribution in [0.25, 0.3) is 0 Å². The summed E-state index contributed by atoms with van der Waals surface area (Å²) in [5.74, 6) is 0.0534. The van der Waals surface area contributed by atoms with Crippen molar-refractivity contribution in [2.45, 2.75) is 26.3 Å². The molecular formula is C12H15ClN2O. The van der Waals surface area contributed by atoms with Crippen LogP contribution < -0.4 is 10.6 Å². The molecule has 2 rings (SSSR count). The molecule has 1 atom stereocenters. The number of rotatable bonds is 1. The van der Waals surface area contributed by atoms with E-state index in [1.807, 2.05) is 26.0 Å². The molecule has 3 nitrogen and oxygen atoms in total. The number of amides is 1. The molecule has 1 aliphatic rings. The highest BCUT2D eigenvalue weighted by atomic mass is 35.5. The van der Waals surface area contributed by atoms with E-state index in [0.717, 1.165) is 16.8 Å². The van der Waals surface area contributed by atoms with Gasteiger partial charge in [-0.05, 0) is 37.1 Å². The Bertz CT molecular complexity index is 445. The molecule has 4 heteroatoms. The fraction of sp³-hybridized carbons (Fsp3) is 0.417. The second kappa shape index (κ2) is 4.07. The van der Waals surface area contributed by atoms with E-state index in [-0.39, 0.29) is 11.9 Å². The molecule has 1 amide bonds. The average Bonchev–Trinajstić information content (AvgIpc) is 2.51. The second-order valence-electron chi connectivity index (χ2n) is 4.36. The number of benzene rings is 1. The molecule has 16 heavy (non-hydrogen) atoms. The summed E-state index contributed by atoms with van der Waals surface area (Å²) in [6, 6.07) is 3.77. The van der Waals surface area contributed by atoms with Crippen molar-refractivity contribution in [3.05, 3.63) is 28.3 Å². The summed E-state index contributed by atoms with van der Waals surface area (Å²) in [6.07, 6.45) is 0.406. The number of nitrogens with two attached hydrogens (primary N) is 1. The molecule has 1 aromatic carbocycles. The maximum absolute atomic E-state index is 11.7. The van der Waals surface area contributed by atoms with Crippen LogP contribution in [0.15, 0.2) is 12.1 Å². The molecule has 0 saturated carbocycles. The summed E-state index contributed by atoms with van der Waals surface area (Å²) < 4.78 is 0. The molecule has 1 unspecified atom stereocenters. The fourth-order valence-corrected chi connectivity index (χ4v) is 2.26. The first-order valence-corrected chi connectivity index (χ1v) is 5.69. The maximum Gasteiger partial charge on any atom is 0.228 e. The van der Waals surface area contributed by atoms with Gasteiger partial charge in [0.05, 0.1) is 10.7 Å². The van der Waals surface area contributed by atoms with Crippen molar-refractivity contribution in [2.24, 2.45) is 5.73 Å². The number of halogens is 1. The van der Waals surface area contributed by atoms with Crippen molar-refractivity contribution >= 4 is 23.2 Å². The summed E-state index contributed by atoms with van der Waals surface area (Å²) >= 11 is 6.16. The Morgan fingerprint density at radius 2 is 2.00 bits per heavy atom. The third-order valence-electron chi connectivity index (χ3n) is 3.01. The van der Waals surface area contributed by atoms with Crippen LogP contribution in [0.2, 0.25) is 5.02 Å². The number of carbonyl (C=O) groups excluding carboxylic acids is 1. The van der Waals surface area contributed by atoms with E-state index in [1.165, 1.54) is 0 Å². The molecule has 0 aromatic heterocycles. The highest BCUT2D eigenvalue weighted by Gasteiger charge is 2.29. The van der Waals surface area contributed by atoms with Crippen LogP contribution in [0.3, 0.4) is 0 Å². The number of nitrogens with zero attached hydrogens (tertiary/aromatic N) is 1. The van der Waals surface area contributed by atoms with Crippen molar-refractivity contribution in [3.63, 3.8) is 0 Å². The predicted molar refractivity (Wildman–Crippen MR) is 65.9 cm³/mol. The molecule has 1 aromatic rings. The van der Waals surface area contributed by atoms with Crippen LogP contribution in [0.1, 0.15) is 17.5 Å². The van der Waals surface area contributed by atoms with Crippen molar-refractivity contribution in [3.8, 4) is 0 Å². The highest BCUT2D eigenvalue weighted by Crippen LogP contribution is 2.31. The molecule has 0 bridgehead atoms. The van der Waals surface area contributed by atoms with Gasteiger partial charge in [0, 0.05) is 19.0 Å². The van der Waals surface area contributed by atoms with Crippen molar-refractivity contribution in [1.29, 1.82) is 0 Å². The SMILES string of the molecule is Cc1cc(Cl)c(N2CC(N)CC2=O)cc1C. The standard InChI is InChI=1S/C12H15ClN2O/c1-7-3-10(13)11(4-8(7)2)15-6-9(14)5-12(15)16/h3-4,9H,5-6,14H2,1-2H3. The molecule has 1 saturated heterocycles. The first-order chi connectivity index (χ1) is 7.49. The van der Waals surface area contributed by atoms with E-state index >= 15 is 0 Å². The lowest BCUT2D eigenvalue weighted by atomic mass is 10.1. The van der Waals surface area contributed by atoms with Gasteiger partial charge in [0.15, 0.2) is 0 Å². The Kier molecular flexibility index (Phi) is 2.91. The van der Waals surface area contributed by atoms with E-state index in [0.29, 0.717) is 18.0 Å². The van der Waals surface area contributed by atoms with Crippen molar-refractivity contribution in [1.82, 2.24) is 0 Å². The van der Waals surface area contributed by atoms with Gasteiger partial charge in [-0.3, -0.25) is 4.79 Å². The number of hydrogen-bond acceptors (Lipinski definition) is 2. The van der Waals surface area contributed by atoms with Crippen molar-refractivity contribution in [2.75, 3.05) is 11.4 Å². The number of hydrogen-bond donors (Lipinski definition) is 1. The van der Waals surface area contributed by atoms with Gasteiger partial charge in [0.25, 0.3) is 0 Å². The van der Waals surface area contributed by atoms with Gasteiger partial charge in [-0.2, -0.15) is 0 Å². The van der Waals surface area contributed by atoms with Crippen LogP contribution in [-0.4, -0.2) is 18.5 Å². The summed E-state index contributed by atoms with van der Waals surface area (Å²) in [5.41, 5.74) is 8.81. The monoisotopic (exact) mass is 238 g/mol. The lowest BCUT2D eigenvalue weighted by molar-refractivity contribution is -0.117. The minimum Gasteiger partial charge on any atom is -0.326 e. The van der Waals surface area contributed by atoms with Crippen molar-refractivity contribution < 1.29 is 4.79 Å². The maximum atomic E-state index is 11.7. The van der Waals surface area contributed by atoms with Crippen LogP contribution >= 0.6 is 11.6 Å². The molecule has 86 valence electrons. The molecule has 2 N–H and O–H groups in total. The highest BCUT2D eigenvalue weighted by molar-refractivity contribution is 6.34. The fourth-order valence-electron chi connectivity index (χ4n) is 1.94. The lowest BCUT2D eigenvalue weighted by Crippen LogP contribution is -2.28. The van der Waals surface area contributed by atoms with Gasteiger partial charge in [-0.1, -0.05) is 11.6 Å². The molecule has 1 fully saturated rings. The zero-order chi connectivity index (χ0) is 11.9. The Morgan fingerprint density at radius 1 is 1.38 bits per heavy atom. The van der Waals surface area contributed by atoms with Gasteiger partial charge < -0.3 is 10.6 Å². The average molecular weight is 239 g/mol. The minimum atomic E-state index is -0.0785. The minimum absolute atomic E-state index is 0.0534. The topological polar surface area (TPSA) is 46.3 Å². The Labute approximate surface area is 100 Å². The zero-order valence-corrected chi connectivity index (χ0v) is 10.2. The van der Waals surface area contributed by atoms with Gasteiger partial charge in [-0.25, -0.2) is 0 Å². The number of aryl methyl sites for hydroxylation is 2. The van der Waals surface area contributed by atoms with Gasteiger partial charge in [-0.15, -0.1) is 0 Å². The first kappa shape index (κ1) is 11.4. The quantitative estimate of drug-likeness (QED) is 0.814. The van der Waals surface area contributed by atoms with E-state index < -0.39 is 0 Å². The van der Waals surface area contributed by atoms with Gasteiger partial charge in [0.2, 0.25) is 5.91 Å². The van der Waals surface area contributed by atoms with E-state index in [4.69, 9.17) is 17.3 Å². The molecular weight excluding hydrogens is 224 g/mol.